The Morgan fingerprint density at radius 1 is 1.62 bits per heavy atom. The maximum absolute atomic E-state index is 10.9. The lowest BCUT2D eigenvalue weighted by atomic mass is 10.2. The molecule has 1 saturated heterocycles. The van der Waals surface area contributed by atoms with Crippen molar-refractivity contribution in [2.24, 2.45) is 0 Å². The number of carbonyl (C=O) groups excluding carboxylic acids is 1. The second kappa shape index (κ2) is 5.61. The van der Waals surface area contributed by atoms with Crippen LogP contribution in [0.15, 0.2) is 0 Å². The molecule has 0 aromatic heterocycles. The van der Waals surface area contributed by atoms with Crippen LogP contribution >= 0.6 is 0 Å². The van der Waals surface area contributed by atoms with Gasteiger partial charge in [-0.25, -0.2) is 0 Å². The Labute approximate surface area is 96.6 Å². The molecule has 1 rings (SSSR count). The lowest BCUT2D eigenvalue weighted by molar-refractivity contribution is -0.119. The Hall–Kier alpha value is -0.650. The van der Waals surface area contributed by atoms with Crippen molar-refractivity contribution in [2.75, 3.05) is 19.7 Å². The summed E-state index contributed by atoms with van der Waals surface area (Å²) >= 11 is 0. The number of ether oxygens (including phenoxy) is 1. The van der Waals surface area contributed by atoms with Crippen LogP contribution in [-0.2, 0) is 9.53 Å². The van der Waals surface area contributed by atoms with Gasteiger partial charge >= 0.3 is 0 Å². The van der Waals surface area contributed by atoms with E-state index in [0.717, 1.165) is 0 Å². The van der Waals surface area contributed by atoms with E-state index < -0.39 is 6.10 Å². The third-order valence-corrected chi connectivity index (χ3v) is 2.33. The van der Waals surface area contributed by atoms with Crippen LogP contribution in [0, 0.1) is 0 Å². The lowest BCUT2D eigenvalue weighted by Crippen LogP contribution is -2.39. The number of nitrogens with one attached hydrogen (secondary N) is 2. The van der Waals surface area contributed by atoms with Gasteiger partial charge in [0.15, 0.2) is 0 Å². The number of rotatable bonds is 5. The summed E-state index contributed by atoms with van der Waals surface area (Å²) in [5, 5.41) is 15.5. The molecule has 0 aliphatic carbocycles. The number of carbonyl (C=O) groups is 1. The maximum Gasteiger partial charge on any atom is 0.221 e. The molecule has 0 spiro atoms. The third-order valence-electron chi connectivity index (χ3n) is 2.33. The average Bonchev–Trinajstić information content (AvgIpc) is 2.57. The highest BCUT2D eigenvalue weighted by molar-refractivity contribution is 5.78. The smallest absolute Gasteiger partial charge is 0.221 e. The van der Waals surface area contributed by atoms with Crippen LogP contribution in [0.2, 0.25) is 0 Å². The zero-order valence-corrected chi connectivity index (χ0v) is 10.2. The molecule has 1 heterocycles. The van der Waals surface area contributed by atoms with Crippen LogP contribution in [0.3, 0.4) is 0 Å². The molecule has 2 unspecified atom stereocenters. The van der Waals surface area contributed by atoms with Crippen LogP contribution < -0.4 is 10.6 Å². The van der Waals surface area contributed by atoms with E-state index in [-0.39, 0.29) is 17.6 Å². The van der Waals surface area contributed by atoms with E-state index in [0.29, 0.717) is 26.1 Å². The van der Waals surface area contributed by atoms with Crippen LogP contribution in [0.25, 0.3) is 0 Å². The molecular formula is C11H22N2O3. The lowest BCUT2D eigenvalue weighted by Gasteiger charge is -2.22. The first-order valence-corrected chi connectivity index (χ1v) is 5.69. The number of aliphatic hydroxyl groups is 1. The van der Waals surface area contributed by atoms with Gasteiger partial charge in [-0.05, 0) is 20.8 Å². The van der Waals surface area contributed by atoms with Crippen molar-refractivity contribution in [3.05, 3.63) is 0 Å². The summed E-state index contributed by atoms with van der Waals surface area (Å²) in [6.07, 6.45) is -0.0396. The summed E-state index contributed by atoms with van der Waals surface area (Å²) in [5.74, 6) is 0.0675. The largest absolute Gasteiger partial charge is 0.389 e. The number of amides is 1. The predicted octanol–water partition coefficient (Wildman–Crippen LogP) is -0.359. The molecule has 0 saturated carbocycles. The summed E-state index contributed by atoms with van der Waals surface area (Å²) < 4.78 is 5.45. The zero-order valence-electron chi connectivity index (χ0n) is 10.2. The summed E-state index contributed by atoms with van der Waals surface area (Å²) in [6, 6.07) is 0.136. The second-order valence-corrected chi connectivity index (χ2v) is 5.19. The van der Waals surface area contributed by atoms with Crippen molar-refractivity contribution >= 4 is 5.91 Å². The van der Waals surface area contributed by atoms with Crippen molar-refractivity contribution < 1.29 is 14.6 Å². The van der Waals surface area contributed by atoms with Gasteiger partial charge in [-0.1, -0.05) is 0 Å². The van der Waals surface area contributed by atoms with E-state index in [9.17, 15) is 9.90 Å². The van der Waals surface area contributed by atoms with Crippen molar-refractivity contribution in [3.8, 4) is 0 Å². The van der Waals surface area contributed by atoms with Gasteiger partial charge < -0.3 is 20.5 Å². The molecule has 1 aliphatic rings. The Morgan fingerprint density at radius 3 is 2.81 bits per heavy atom. The molecule has 2 atom stereocenters. The van der Waals surface area contributed by atoms with Gasteiger partial charge in [0.25, 0.3) is 0 Å². The number of hydrogen-bond donors (Lipinski definition) is 3. The second-order valence-electron chi connectivity index (χ2n) is 5.19. The van der Waals surface area contributed by atoms with Gasteiger partial charge in [-0.2, -0.15) is 0 Å². The molecule has 1 aliphatic heterocycles. The Kier molecular flexibility index (Phi) is 4.70. The molecule has 94 valence electrons. The first-order chi connectivity index (χ1) is 7.37. The van der Waals surface area contributed by atoms with Crippen molar-refractivity contribution in [3.63, 3.8) is 0 Å². The normalized spacial score (nSPS) is 23.2. The molecule has 16 heavy (non-hydrogen) atoms. The monoisotopic (exact) mass is 230 g/mol. The van der Waals surface area contributed by atoms with Gasteiger partial charge in [0.05, 0.1) is 18.3 Å². The fourth-order valence-corrected chi connectivity index (χ4v) is 1.46. The molecular weight excluding hydrogens is 208 g/mol. The van der Waals surface area contributed by atoms with Crippen molar-refractivity contribution in [1.29, 1.82) is 0 Å². The van der Waals surface area contributed by atoms with Gasteiger partial charge in [0.2, 0.25) is 5.91 Å². The number of aliphatic hydroxyl groups excluding tert-OH is 1. The SMILES string of the molecule is CC(C)(C)OCC(O)CNC1CNC(=O)C1. The van der Waals surface area contributed by atoms with E-state index in [1.54, 1.807) is 0 Å². The standard InChI is InChI=1S/C11H22N2O3/c1-11(2,3)16-7-9(14)6-12-8-4-10(15)13-5-8/h8-9,12,14H,4-7H2,1-3H3,(H,13,15). The Morgan fingerprint density at radius 2 is 2.31 bits per heavy atom. The number of hydrogen-bond acceptors (Lipinski definition) is 4. The molecule has 5 heteroatoms. The molecule has 0 bridgehead atoms. The molecule has 0 aromatic carbocycles. The maximum atomic E-state index is 10.9. The van der Waals surface area contributed by atoms with Crippen LogP contribution in [0.5, 0.6) is 0 Å². The van der Waals surface area contributed by atoms with Gasteiger partial charge in [-0.15, -0.1) is 0 Å². The molecule has 0 aromatic rings. The highest BCUT2D eigenvalue weighted by Crippen LogP contribution is 2.07. The average molecular weight is 230 g/mol. The summed E-state index contributed by atoms with van der Waals surface area (Å²) in [7, 11) is 0. The third kappa shape index (κ3) is 5.44. The first-order valence-electron chi connectivity index (χ1n) is 5.69. The highest BCUT2D eigenvalue weighted by atomic mass is 16.5. The molecule has 1 fully saturated rings. The minimum atomic E-state index is -0.532. The molecule has 3 N–H and O–H groups in total. The summed E-state index contributed by atoms with van der Waals surface area (Å²) in [6.45, 7) is 7.26. The van der Waals surface area contributed by atoms with Crippen LogP contribution in [0.4, 0.5) is 0 Å². The Bertz CT molecular complexity index is 238. The molecule has 0 radical (unpaired) electrons. The van der Waals surface area contributed by atoms with E-state index in [1.807, 2.05) is 20.8 Å². The van der Waals surface area contributed by atoms with Crippen LogP contribution in [0.1, 0.15) is 27.2 Å². The van der Waals surface area contributed by atoms with E-state index in [4.69, 9.17) is 4.74 Å². The molecule has 5 nitrogen and oxygen atoms in total. The van der Waals surface area contributed by atoms with Crippen molar-refractivity contribution in [1.82, 2.24) is 10.6 Å². The minimum absolute atomic E-state index is 0.0675. The summed E-state index contributed by atoms with van der Waals surface area (Å²) in [5.41, 5.74) is -0.230. The minimum Gasteiger partial charge on any atom is -0.389 e. The van der Waals surface area contributed by atoms with Crippen LogP contribution in [-0.4, -0.2) is 48.5 Å². The predicted molar refractivity (Wildman–Crippen MR) is 61.1 cm³/mol. The van der Waals surface area contributed by atoms with Gasteiger partial charge in [0, 0.05) is 25.6 Å². The van der Waals surface area contributed by atoms with Crippen molar-refractivity contribution in [2.45, 2.75) is 44.9 Å². The van der Waals surface area contributed by atoms with E-state index >= 15 is 0 Å². The van der Waals surface area contributed by atoms with E-state index in [1.165, 1.54) is 0 Å². The quantitative estimate of drug-likeness (QED) is 0.603. The first kappa shape index (κ1) is 13.4. The fraction of sp³-hybridized carbons (Fsp3) is 0.909. The highest BCUT2D eigenvalue weighted by Gasteiger charge is 2.21. The summed E-state index contributed by atoms with van der Waals surface area (Å²) in [4.78, 5) is 10.9. The zero-order chi connectivity index (χ0) is 12.2. The fourth-order valence-electron chi connectivity index (χ4n) is 1.46. The van der Waals surface area contributed by atoms with Gasteiger partial charge in [0.1, 0.15) is 0 Å². The molecule has 1 amide bonds. The topological polar surface area (TPSA) is 70.6 Å². The van der Waals surface area contributed by atoms with E-state index in [2.05, 4.69) is 10.6 Å². The Balaban J connectivity index is 2.10. The van der Waals surface area contributed by atoms with Gasteiger partial charge in [-0.3, -0.25) is 4.79 Å².